The van der Waals surface area contributed by atoms with Crippen molar-refractivity contribution in [2.75, 3.05) is 4.90 Å². The SMILES string of the molecule is c1cc(-c2ccc3ccccc3c2)cc(N(c2ccc(-c3ccc4c(ccc5ccccc54)c3)cc2)c2ccccc2-c2ccc3oc4cc5ccccc5cc4c3c2)c1. The zero-order valence-corrected chi connectivity index (χ0v) is 32.7. The molecule has 11 aromatic carbocycles. The summed E-state index contributed by atoms with van der Waals surface area (Å²) >= 11 is 0. The van der Waals surface area contributed by atoms with E-state index in [1.165, 1.54) is 65.3 Å². The first-order valence-corrected chi connectivity index (χ1v) is 20.6. The van der Waals surface area contributed by atoms with Crippen LogP contribution in [0.25, 0.3) is 98.4 Å². The van der Waals surface area contributed by atoms with Crippen molar-refractivity contribution in [3.63, 3.8) is 0 Å². The zero-order chi connectivity index (χ0) is 39.6. The van der Waals surface area contributed by atoms with Crippen LogP contribution in [-0.2, 0) is 0 Å². The van der Waals surface area contributed by atoms with Gasteiger partial charge in [-0.3, -0.25) is 0 Å². The van der Waals surface area contributed by atoms with E-state index >= 15 is 0 Å². The summed E-state index contributed by atoms with van der Waals surface area (Å²) < 4.78 is 6.43. The highest BCUT2D eigenvalue weighted by Crippen LogP contribution is 2.44. The molecule has 2 heteroatoms. The van der Waals surface area contributed by atoms with E-state index in [1.807, 2.05) is 0 Å². The van der Waals surface area contributed by atoms with Crippen LogP contribution in [-0.4, -0.2) is 0 Å². The van der Waals surface area contributed by atoms with Crippen molar-refractivity contribution in [2.45, 2.75) is 0 Å². The Bertz CT molecular complexity index is 3610. The molecule has 0 radical (unpaired) electrons. The smallest absolute Gasteiger partial charge is 0.136 e. The van der Waals surface area contributed by atoms with Crippen LogP contribution in [0.4, 0.5) is 17.1 Å². The summed E-state index contributed by atoms with van der Waals surface area (Å²) in [4.78, 5) is 2.40. The van der Waals surface area contributed by atoms with Crippen LogP contribution >= 0.6 is 0 Å². The third kappa shape index (κ3) is 5.81. The Morgan fingerprint density at radius 1 is 0.267 bits per heavy atom. The summed E-state index contributed by atoms with van der Waals surface area (Å²) in [5, 5.41) is 12.2. The molecule has 0 bridgehead atoms. The Kier molecular flexibility index (Phi) is 7.89. The van der Waals surface area contributed by atoms with Gasteiger partial charge >= 0.3 is 0 Å². The molecule has 2 nitrogen and oxygen atoms in total. The summed E-state index contributed by atoms with van der Waals surface area (Å²) in [5.74, 6) is 0. The topological polar surface area (TPSA) is 16.4 Å². The van der Waals surface area contributed by atoms with Gasteiger partial charge in [0.15, 0.2) is 0 Å². The molecule has 0 aliphatic carbocycles. The predicted molar refractivity (Wildman–Crippen MR) is 255 cm³/mol. The quantitative estimate of drug-likeness (QED) is 0.157. The van der Waals surface area contributed by atoms with Crippen LogP contribution in [0, 0.1) is 0 Å². The molecule has 0 unspecified atom stereocenters. The van der Waals surface area contributed by atoms with Gasteiger partial charge in [-0.2, -0.15) is 0 Å². The van der Waals surface area contributed by atoms with E-state index in [0.717, 1.165) is 50.1 Å². The molecule has 12 rings (SSSR count). The van der Waals surface area contributed by atoms with Crippen LogP contribution in [0.5, 0.6) is 0 Å². The summed E-state index contributed by atoms with van der Waals surface area (Å²) in [7, 11) is 0. The third-order valence-corrected chi connectivity index (χ3v) is 12.2. The van der Waals surface area contributed by atoms with Gasteiger partial charge in [0.2, 0.25) is 0 Å². The molecule has 0 N–H and O–H groups in total. The van der Waals surface area contributed by atoms with Crippen LogP contribution in [0.3, 0.4) is 0 Å². The number of fused-ring (bicyclic) bond motifs is 8. The molecule has 12 aromatic rings. The first kappa shape index (κ1) is 34.1. The monoisotopic (exact) mass is 763 g/mol. The molecule has 0 aliphatic heterocycles. The van der Waals surface area contributed by atoms with Crippen molar-refractivity contribution < 1.29 is 4.42 Å². The average molecular weight is 764 g/mol. The summed E-state index contributed by atoms with van der Waals surface area (Å²) in [6, 6.07) is 81.5. The van der Waals surface area contributed by atoms with Crippen LogP contribution in [0.1, 0.15) is 0 Å². The van der Waals surface area contributed by atoms with Gasteiger partial charge in [0.05, 0.1) is 5.69 Å². The van der Waals surface area contributed by atoms with Crippen molar-refractivity contribution in [2.24, 2.45) is 0 Å². The zero-order valence-electron chi connectivity index (χ0n) is 32.7. The molecule has 0 atom stereocenters. The highest BCUT2D eigenvalue weighted by Gasteiger charge is 2.19. The Hall–Kier alpha value is -7.94. The second-order valence-corrected chi connectivity index (χ2v) is 15.7. The fraction of sp³-hybridized carbons (Fsp3) is 0. The second-order valence-electron chi connectivity index (χ2n) is 15.7. The predicted octanol–water partition coefficient (Wildman–Crippen LogP) is 16.7. The minimum absolute atomic E-state index is 0.888. The number of benzene rings is 11. The van der Waals surface area contributed by atoms with Gasteiger partial charge < -0.3 is 9.32 Å². The van der Waals surface area contributed by atoms with E-state index in [-0.39, 0.29) is 0 Å². The van der Waals surface area contributed by atoms with Crippen LogP contribution in [0.15, 0.2) is 229 Å². The Morgan fingerprint density at radius 3 is 1.72 bits per heavy atom. The lowest BCUT2D eigenvalue weighted by atomic mass is 9.96. The molecule has 0 aliphatic rings. The van der Waals surface area contributed by atoms with Crippen molar-refractivity contribution in [1.29, 1.82) is 0 Å². The van der Waals surface area contributed by atoms with Gasteiger partial charge in [0, 0.05) is 27.7 Å². The molecule has 280 valence electrons. The number of hydrogen-bond donors (Lipinski definition) is 0. The standard InChI is InChI=1S/C58H37NO/c1-2-12-41-32-46(22-20-38(41)10-1)42-15-9-16-50(34-42)59(49-28-24-39(25-29-49)45-26-30-52-47(33-45)23-21-40-11-5-6-17-51(40)52)56-19-8-7-18-53(56)48-27-31-57-54(36-48)55-35-43-13-3-4-14-44(43)37-58(55)60-57/h1-37H. The van der Waals surface area contributed by atoms with Gasteiger partial charge in [-0.1, -0.05) is 158 Å². The summed E-state index contributed by atoms with van der Waals surface area (Å²) in [6.07, 6.45) is 0. The number of para-hydroxylation sites is 1. The van der Waals surface area contributed by atoms with Gasteiger partial charge in [0.25, 0.3) is 0 Å². The van der Waals surface area contributed by atoms with Gasteiger partial charge in [-0.05, 0) is 138 Å². The fourth-order valence-electron chi connectivity index (χ4n) is 9.16. The van der Waals surface area contributed by atoms with Crippen molar-refractivity contribution in [3.05, 3.63) is 224 Å². The Morgan fingerprint density at radius 2 is 0.850 bits per heavy atom. The van der Waals surface area contributed by atoms with Gasteiger partial charge in [-0.25, -0.2) is 0 Å². The minimum atomic E-state index is 0.888. The highest BCUT2D eigenvalue weighted by molar-refractivity contribution is 6.12. The van der Waals surface area contributed by atoms with E-state index in [0.29, 0.717) is 0 Å². The molecule has 0 amide bonds. The molecule has 0 saturated carbocycles. The molecule has 1 heterocycles. The number of rotatable bonds is 6. The van der Waals surface area contributed by atoms with E-state index in [4.69, 9.17) is 4.42 Å². The second kappa shape index (κ2) is 13.9. The molecule has 0 saturated heterocycles. The van der Waals surface area contributed by atoms with Crippen molar-refractivity contribution >= 4 is 82.1 Å². The molecular weight excluding hydrogens is 727 g/mol. The largest absolute Gasteiger partial charge is 0.456 e. The van der Waals surface area contributed by atoms with Crippen LogP contribution < -0.4 is 4.90 Å². The maximum Gasteiger partial charge on any atom is 0.136 e. The number of nitrogens with zero attached hydrogens (tertiary/aromatic N) is 1. The first-order chi connectivity index (χ1) is 29.7. The molecule has 0 spiro atoms. The number of hydrogen-bond acceptors (Lipinski definition) is 2. The molecular formula is C58H37NO. The third-order valence-electron chi connectivity index (χ3n) is 12.2. The maximum atomic E-state index is 6.43. The molecule has 1 aromatic heterocycles. The fourth-order valence-corrected chi connectivity index (χ4v) is 9.16. The summed E-state index contributed by atoms with van der Waals surface area (Å²) in [6.45, 7) is 0. The Labute approximate surface area is 347 Å². The highest BCUT2D eigenvalue weighted by atomic mass is 16.3. The lowest BCUT2D eigenvalue weighted by Gasteiger charge is -2.28. The van der Waals surface area contributed by atoms with Gasteiger partial charge in [0.1, 0.15) is 11.2 Å². The number of furan rings is 1. The normalized spacial score (nSPS) is 11.7. The Balaban J connectivity index is 1.000. The average Bonchev–Trinajstić information content (AvgIpc) is 3.67. The molecule has 0 fully saturated rings. The van der Waals surface area contributed by atoms with Crippen molar-refractivity contribution in [3.8, 4) is 33.4 Å². The number of anilines is 3. The van der Waals surface area contributed by atoms with E-state index in [2.05, 4.69) is 229 Å². The van der Waals surface area contributed by atoms with Crippen LogP contribution in [0.2, 0.25) is 0 Å². The maximum absolute atomic E-state index is 6.43. The van der Waals surface area contributed by atoms with E-state index in [9.17, 15) is 0 Å². The first-order valence-electron chi connectivity index (χ1n) is 20.6. The van der Waals surface area contributed by atoms with E-state index < -0.39 is 0 Å². The van der Waals surface area contributed by atoms with Gasteiger partial charge in [-0.15, -0.1) is 0 Å². The van der Waals surface area contributed by atoms with Crippen molar-refractivity contribution in [1.82, 2.24) is 0 Å². The lowest BCUT2D eigenvalue weighted by molar-refractivity contribution is 0.669. The lowest BCUT2D eigenvalue weighted by Crippen LogP contribution is -2.11. The minimum Gasteiger partial charge on any atom is -0.456 e. The molecule has 60 heavy (non-hydrogen) atoms. The van der Waals surface area contributed by atoms with E-state index in [1.54, 1.807) is 0 Å². The summed E-state index contributed by atoms with van der Waals surface area (Å²) in [5.41, 5.74) is 12.0.